The number of sulfonamides is 1. The smallest absolute Gasteiger partial charge is 0.225 e. The number of carbonyl (C=O) groups excluding carboxylic acids is 1. The Bertz CT molecular complexity index is 642. The van der Waals surface area contributed by atoms with Crippen molar-refractivity contribution in [3.05, 3.63) is 28.2 Å². The fourth-order valence-corrected chi connectivity index (χ4v) is 3.86. The summed E-state index contributed by atoms with van der Waals surface area (Å²) in [5.41, 5.74) is 1.71. The molecule has 0 aromatic heterocycles. The van der Waals surface area contributed by atoms with Crippen molar-refractivity contribution in [1.82, 2.24) is 4.31 Å². The molecule has 0 radical (unpaired) electrons. The zero-order valence-electron chi connectivity index (χ0n) is 12.3. The number of morpholine rings is 1. The Morgan fingerprint density at radius 1 is 1.36 bits per heavy atom. The Morgan fingerprint density at radius 3 is 2.68 bits per heavy atom. The van der Waals surface area contributed by atoms with Gasteiger partial charge in [0.2, 0.25) is 15.9 Å². The number of hydrogen-bond acceptors (Lipinski definition) is 4. The number of amides is 1. The monoisotopic (exact) mass is 390 g/mol. The first-order valence-electron chi connectivity index (χ1n) is 7.00. The average molecular weight is 391 g/mol. The van der Waals surface area contributed by atoms with Crippen LogP contribution in [0.2, 0.25) is 0 Å². The lowest BCUT2D eigenvalue weighted by Crippen LogP contribution is -2.42. The van der Waals surface area contributed by atoms with Gasteiger partial charge in [-0.2, -0.15) is 4.31 Å². The van der Waals surface area contributed by atoms with Gasteiger partial charge in [0.25, 0.3) is 0 Å². The van der Waals surface area contributed by atoms with E-state index in [0.29, 0.717) is 32.0 Å². The largest absolute Gasteiger partial charge is 0.379 e. The van der Waals surface area contributed by atoms with E-state index < -0.39 is 10.0 Å². The molecule has 0 bridgehead atoms. The number of carbonyl (C=O) groups is 1. The summed E-state index contributed by atoms with van der Waals surface area (Å²) >= 11 is 3.39. The number of nitrogens with zero attached hydrogens (tertiary/aromatic N) is 1. The molecule has 1 aromatic carbocycles. The molecule has 0 unspecified atom stereocenters. The van der Waals surface area contributed by atoms with Crippen LogP contribution in [0.25, 0.3) is 0 Å². The number of aryl methyl sites for hydroxylation is 1. The number of nitrogens with one attached hydrogen (secondary N) is 1. The maximum absolute atomic E-state index is 12.1. The van der Waals surface area contributed by atoms with Gasteiger partial charge >= 0.3 is 0 Å². The zero-order valence-corrected chi connectivity index (χ0v) is 14.7. The average Bonchev–Trinajstić information content (AvgIpc) is 2.50. The lowest BCUT2D eigenvalue weighted by molar-refractivity contribution is -0.115. The van der Waals surface area contributed by atoms with Crippen LogP contribution >= 0.6 is 15.9 Å². The van der Waals surface area contributed by atoms with Gasteiger partial charge in [-0.25, -0.2) is 8.42 Å². The van der Waals surface area contributed by atoms with Crippen molar-refractivity contribution >= 4 is 37.5 Å². The summed E-state index contributed by atoms with van der Waals surface area (Å²) in [6, 6.07) is 5.46. The standard InChI is InChI=1S/C14H19BrN2O4S/c1-11-2-3-12(10-13(11)15)16-14(18)4-9-22(19,20)17-5-7-21-8-6-17/h2-3,10H,4-9H2,1H3,(H,16,18). The second kappa shape index (κ2) is 7.54. The van der Waals surface area contributed by atoms with Crippen LogP contribution in [-0.2, 0) is 19.6 Å². The summed E-state index contributed by atoms with van der Waals surface area (Å²) in [5.74, 6) is -0.501. The van der Waals surface area contributed by atoms with E-state index in [0.717, 1.165) is 10.0 Å². The molecule has 1 aliphatic heterocycles. The van der Waals surface area contributed by atoms with E-state index in [1.807, 2.05) is 13.0 Å². The van der Waals surface area contributed by atoms with Gasteiger partial charge in [-0.05, 0) is 24.6 Å². The SMILES string of the molecule is Cc1ccc(NC(=O)CCS(=O)(=O)N2CCOCC2)cc1Br. The molecular formula is C14H19BrN2O4S. The van der Waals surface area contributed by atoms with Crippen LogP contribution in [0.3, 0.4) is 0 Å². The Balaban J connectivity index is 1.87. The van der Waals surface area contributed by atoms with E-state index in [1.165, 1.54) is 4.31 Å². The van der Waals surface area contributed by atoms with Crippen molar-refractivity contribution in [2.75, 3.05) is 37.4 Å². The van der Waals surface area contributed by atoms with Crippen LogP contribution in [0.1, 0.15) is 12.0 Å². The summed E-state index contributed by atoms with van der Waals surface area (Å²) in [6.45, 7) is 3.47. The maximum atomic E-state index is 12.1. The second-order valence-electron chi connectivity index (χ2n) is 5.09. The molecule has 1 aliphatic rings. The van der Waals surface area contributed by atoms with Gasteiger partial charge in [0.05, 0.1) is 19.0 Å². The van der Waals surface area contributed by atoms with Crippen molar-refractivity contribution in [1.29, 1.82) is 0 Å². The van der Waals surface area contributed by atoms with Crippen molar-refractivity contribution in [2.24, 2.45) is 0 Å². The van der Waals surface area contributed by atoms with Crippen LogP contribution in [0.15, 0.2) is 22.7 Å². The fourth-order valence-electron chi connectivity index (χ4n) is 2.07. The van der Waals surface area contributed by atoms with E-state index in [-0.39, 0.29) is 18.1 Å². The lowest BCUT2D eigenvalue weighted by Gasteiger charge is -2.25. The van der Waals surface area contributed by atoms with Gasteiger partial charge in [0.1, 0.15) is 0 Å². The summed E-state index contributed by atoms with van der Waals surface area (Å²) in [4.78, 5) is 11.9. The molecule has 1 saturated heterocycles. The topological polar surface area (TPSA) is 75.7 Å². The molecule has 0 atom stereocenters. The molecule has 2 rings (SSSR count). The molecule has 6 nitrogen and oxygen atoms in total. The first kappa shape index (κ1) is 17.4. The third-order valence-corrected chi connectivity index (χ3v) is 6.13. The minimum absolute atomic E-state index is 0.0643. The Morgan fingerprint density at radius 2 is 2.05 bits per heavy atom. The molecule has 1 amide bonds. The highest BCUT2D eigenvalue weighted by atomic mass is 79.9. The molecule has 0 spiro atoms. The molecule has 1 aromatic rings. The van der Waals surface area contributed by atoms with Gasteiger partial charge in [-0.1, -0.05) is 22.0 Å². The van der Waals surface area contributed by atoms with Gasteiger partial charge in [-0.3, -0.25) is 4.79 Å². The van der Waals surface area contributed by atoms with Crippen molar-refractivity contribution in [3.63, 3.8) is 0 Å². The highest BCUT2D eigenvalue weighted by Crippen LogP contribution is 2.20. The summed E-state index contributed by atoms with van der Waals surface area (Å²) in [6.07, 6.45) is -0.0643. The molecule has 1 N–H and O–H groups in total. The van der Waals surface area contributed by atoms with Crippen LogP contribution in [-0.4, -0.2) is 50.7 Å². The Hall–Kier alpha value is -0.960. The van der Waals surface area contributed by atoms with Crippen molar-refractivity contribution in [3.8, 4) is 0 Å². The highest BCUT2D eigenvalue weighted by molar-refractivity contribution is 9.10. The highest BCUT2D eigenvalue weighted by Gasteiger charge is 2.24. The minimum atomic E-state index is -3.40. The molecular weight excluding hydrogens is 372 g/mol. The Labute approximate surface area is 139 Å². The van der Waals surface area contributed by atoms with E-state index in [9.17, 15) is 13.2 Å². The van der Waals surface area contributed by atoms with Crippen LogP contribution in [0, 0.1) is 6.92 Å². The molecule has 0 saturated carbocycles. The van der Waals surface area contributed by atoms with Gasteiger partial charge in [0, 0.05) is 29.7 Å². The van der Waals surface area contributed by atoms with E-state index >= 15 is 0 Å². The number of rotatable bonds is 5. The second-order valence-corrected chi connectivity index (χ2v) is 8.03. The molecule has 0 aliphatic carbocycles. The van der Waals surface area contributed by atoms with Crippen molar-refractivity contribution in [2.45, 2.75) is 13.3 Å². The van der Waals surface area contributed by atoms with E-state index in [2.05, 4.69) is 21.2 Å². The predicted molar refractivity (Wildman–Crippen MR) is 88.3 cm³/mol. The summed E-state index contributed by atoms with van der Waals surface area (Å²) in [7, 11) is -3.40. The lowest BCUT2D eigenvalue weighted by atomic mass is 10.2. The Kier molecular flexibility index (Phi) is 5.96. The predicted octanol–water partition coefficient (Wildman–Crippen LogP) is 1.75. The molecule has 8 heteroatoms. The normalized spacial score (nSPS) is 16.5. The summed E-state index contributed by atoms with van der Waals surface area (Å²) < 4.78 is 31.7. The number of hydrogen-bond donors (Lipinski definition) is 1. The first-order chi connectivity index (χ1) is 10.4. The number of halogens is 1. The van der Waals surface area contributed by atoms with E-state index in [1.54, 1.807) is 12.1 Å². The van der Waals surface area contributed by atoms with Crippen LogP contribution in [0.4, 0.5) is 5.69 Å². The number of benzene rings is 1. The quantitative estimate of drug-likeness (QED) is 0.830. The van der Waals surface area contributed by atoms with Gasteiger partial charge < -0.3 is 10.1 Å². The fraction of sp³-hybridized carbons (Fsp3) is 0.500. The third kappa shape index (κ3) is 4.77. The van der Waals surface area contributed by atoms with Crippen LogP contribution < -0.4 is 5.32 Å². The zero-order chi connectivity index (χ0) is 16.2. The van der Waals surface area contributed by atoms with Crippen LogP contribution in [0.5, 0.6) is 0 Å². The summed E-state index contributed by atoms with van der Waals surface area (Å²) in [5, 5.41) is 2.71. The maximum Gasteiger partial charge on any atom is 0.225 e. The number of anilines is 1. The van der Waals surface area contributed by atoms with Crippen molar-refractivity contribution < 1.29 is 17.9 Å². The van der Waals surface area contributed by atoms with Gasteiger partial charge in [0.15, 0.2) is 0 Å². The van der Waals surface area contributed by atoms with Gasteiger partial charge in [-0.15, -0.1) is 0 Å². The third-order valence-electron chi connectivity index (χ3n) is 3.41. The number of ether oxygens (including phenoxy) is 1. The molecule has 1 fully saturated rings. The molecule has 122 valence electrons. The molecule has 22 heavy (non-hydrogen) atoms. The minimum Gasteiger partial charge on any atom is -0.379 e. The molecule has 1 heterocycles. The van der Waals surface area contributed by atoms with E-state index in [4.69, 9.17) is 4.74 Å². The first-order valence-corrected chi connectivity index (χ1v) is 9.40.